The third kappa shape index (κ3) is 3.07. The highest BCUT2D eigenvalue weighted by molar-refractivity contribution is 5.86. The van der Waals surface area contributed by atoms with Gasteiger partial charge in [-0.15, -0.1) is 0 Å². The molecule has 5 heteroatoms. The summed E-state index contributed by atoms with van der Waals surface area (Å²) in [7, 11) is 1.68. The molecule has 152 valence electrons. The molecule has 1 aliphatic heterocycles. The molecular formula is C25H25N3O2. The molecule has 5 rings (SSSR count). The van der Waals surface area contributed by atoms with Crippen LogP contribution in [0.5, 0.6) is 11.5 Å². The fourth-order valence-electron chi connectivity index (χ4n) is 3.97. The van der Waals surface area contributed by atoms with Gasteiger partial charge in [-0.1, -0.05) is 44.2 Å². The molecular weight excluding hydrogens is 374 g/mol. The van der Waals surface area contributed by atoms with Crippen LogP contribution in [0.2, 0.25) is 0 Å². The Bertz CT molecular complexity index is 1210. The number of nitrogens with zero attached hydrogens (tertiary/aromatic N) is 2. The van der Waals surface area contributed by atoms with Crippen LogP contribution in [0.4, 0.5) is 5.69 Å². The Morgan fingerprint density at radius 1 is 1.00 bits per heavy atom. The molecule has 0 saturated carbocycles. The second-order valence-electron chi connectivity index (χ2n) is 8.00. The predicted octanol–water partition coefficient (Wildman–Crippen LogP) is 5.72. The quantitative estimate of drug-likeness (QED) is 0.466. The van der Waals surface area contributed by atoms with Crippen molar-refractivity contribution in [1.82, 2.24) is 9.55 Å². The van der Waals surface area contributed by atoms with Crippen molar-refractivity contribution in [3.63, 3.8) is 0 Å². The number of fused-ring (bicyclic) bond motifs is 5. The Morgan fingerprint density at radius 2 is 1.80 bits per heavy atom. The second-order valence-corrected chi connectivity index (χ2v) is 8.00. The Hall–Kier alpha value is -3.47. The van der Waals surface area contributed by atoms with Gasteiger partial charge in [0.25, 0.3) is 0 Å². The zero-order valence-corrected chi connectivity index (χ0v) is 17.4. The van der Waals surface area contributed by atoms with Crippen LogP contribution in [0.25, 0.3) is 22.4 Å². The van der Waals surface area contributed by atoms with Gasteiger partial charge in [0.05, 0.1) is 24.8 Å². The van der Waals surface area contributed by atoms with Gasteiger partial charge in [-0.2, -0.15) is 0 Å². The van der Waals surface area contributed by atoms with E-state index < -0.39 is 0 Å². The van der Waals surface area contributed by atoms with E-state index in [-0.39, 0.29) is 6.17 Å². The summed E-state index contributed by atoms with van der Waals surface area (Å²) in [5, 5.41) is 3.70. The summed E-state index contributed by atoms with van der Waals surface area (Å²) in [5.41, 5.74) is 5.35. The van der Waals surface area contributed by atoms with Crippen molar-refractivity contribution < 1.29 is 9.47 Å². The molecule has 1 N–H and O–H groups in total. The van der Waals surface area contributed by atoms with Gasteiger partial charge < -0.3 is 14.8 Å². The Kier molecular flexibility index (Phi) is 4.58. The van der Waals surface area contributed by atoms with Crippen LogP contribution >= 0.6 is 0 Å². The molecule has 0 spiro atoms. The Balaban J connectivity index is 1.64. The number of methoxy groups -OCH3 is 1. The van der Waals surface area contributed by atoms with Gasteiger partial charge in [0.15, 0.2) is 11.5 Å². The number of imidazole rings is 1. The minimum Gasteiger partial charge on any atom is -0.493 e. The van der Waals surface area contributed by atoms with E-state index in [4.69, 9.17) is 14.5 Å². The maximum absolute atomic E-state index is 5.95. The molecule has 0 aliphatic carbocycles. The van der Waals surface area contributed by atoms with Crippen molar-refractivity contribution >= 4 is 16.7 Å². The fraction of sp³-hybridized carbons (Fsp3) is 0.240. The lowest BCUT2D eigenvalue weighted by Crippen LogP contribution is -2.24. The number of benzene rings is 3. The zero-order valence-electron chi connectivity index (χ0n) is 17.4. The largest absolute Gasteiger partial charge is 0.493 e. The van der Waals surface area contributed by atoms with E-state index in [0.717, 1.165) is 45.2 Å². The molecule has 0 saturated heterocycles. The molecule has 1 atom stereocenters. The van der Waals surface area contributed by atoms with Gasteiger partial charge in [-0.3, -0.25) is 4.57 Å². The summed E-state index contributed by atoms with van der Waals surface area (Å²) in [4.78, 5) is 4.95. The topological polar surface area (TPSA) is 48.3 Å². The third-order valence-electron chi connectivity index (χ3n) is 5.39. The van der Waals surface area contributed by atoms with Gasteiger partial charge >= 0.3 is 0 Å². The lowest BCUT2D eigenvalue weighted by molar-refractivity contribution is 0.256. The summed E-state index contributed by atoms with van der Waals surface area (Å²) in [6, 6.07) is 22.7. The van der Waals surface area contributed by atoms with E-state index in [1.165, 1.54) is 0 Å². The molecule has 1 aromatic heterocycles. The molecule has 3 aromatic carbocycles. The first kappa shape index (κ1) is 18.6. The van der Waals surface area contributed by atoms with Gasteiger partial charge in [0.2, 0.25) is 0 Å². The van der Waals surface area contributed by atoms with Gasteiger partial charge in [-0.05, 0) is 47.9 Å². The molecule has 2 heterocycles. The lowest BCUT2D eigenvalue weighted by Gasteiger charge is -2.30. The number of hydrogen-bond donors (Lipinski definition) is 1. The first-order valence-electron chi connectivity index (χ1n) is 10.3. The van der Waals surface area contributed by atoms with Crippen molar-refractivity contribution in [1.29, 1.82) is 0 Å². The summed E-state index contributed by atoms with van der Waals surface area (Å²) in [5.74, 6) is 2.92. The van der Waals surface area contributed by atoms with Crippen LogP contribution in [-0.4, -0.2) is 23.3 Å². The Labute approximate surface area is 176 Å². The second kappa shape index (κ2) is 7.41. The van der Waals surface area contributed by atoms with Crippen molar-refractivity contribution in [2.45, 2.75) is 20.0 Å². The smallest absolute Gasteiger partial charge is 0.161 e. The van der Waals surface area contributed by atoms with E-state index in [2.05, 4.69) is 72.3 Å². The van der Waals surface area contributed by atoms with E-state index >= 15 is 0 Å². The monoisotopic (exact) mass is 399 g/mol. The summed E-state index contributed by atoms with van der Waals surface area (Å²) in [6.45, 7) is 4.92. The van der Waals surface area contributed by atoms with E-state index in [1.807, 2.05) is 18.2 Å². The Morgan fingerprint density at radius 3 is 2.63 bits per heavy atom. The fourth-order valence-corrected chi connectivity index (χ4v) is 3.97. The molecule has 5 nitrogen and oxygen atoms in total. The van der Waals surface area contributed by atoms with Crippen molar-refractivity contribution in [2.24, 2.45) is 5.92 Å². The minimum atomic E-state index is -0.102. The SMILES string of the molecule is COc1cc(C2Nc3ccccc3-c3nc4ccccc4n32)ccc1OCC(C)C. The number of nitrogens with one attached hydrogen (secondary N) is 1. The van der Waals surface area contributed by atoms with E-state index in [1.54, 1.807) is 7.11 Å². The van der Waals surface area contributed by atoms with Crippen LogP contribution in [0.15, 0.2) is 66.7 Å². The lowest BCUT2D eigenvalue weighted by atomic mass is 10.1. The summed E-state index contributed by atoms with van der Waals surface area (Å²) >= 11 is 0. The molecule has 0 fully saturated rings. The van der Waals surface area contributed by atoms with Crippen LogP contribution in [0, 0.1) is 5.92 Å². The maximum Gasteiger partial charge on any atom is 0.161 e. The van der Waals surface area contributed by atoms with E-state index in [9.17, 15) is 0 Å². The number of anilines is 1. The molecule has 1 aliphatic rings. The molecule has 0 radical (unpaired) electrons. The number of para-hydroxylation sites is 3. The van der Waals surface area contributed by atoms with Crippen LogP contribution in [0.1, 0.15) is 25.6 Å². The first-order chi connectivity index (χ1) is 14.7. The van der Waals surface area contributed by atoms with Crippen molar-refractivity contribution in [3.8, 4) is 22.9 Å². The van der Waals surface area contributed by atoms with Gasteiger partial charge in [-0.25, -0.2) is 4.98 Å². The van der Waals surface area contributed by atoms with Crippen LogP contribution in [-0.2, 0) is 0 Å². The first-order valence-corrected chi connectivity index (χ1v) is 10.3. The highest BCUT2D eigenvalue weighted by atomic mass is 16.5. The zero-order chi connectivity index (χ0) is 20.7. The molecule has 0 bridgehead atoms. The standard InChI is InChI=1S/C25H25N3O2/c1-16(2)15-30-22-13-12-17(14-23(22)29-3)24-26-19-9-5-4-8-18(19)25-27-20-10-6-7-11-21(20)28(24)25/h4-14,16,24,26H,15H2,1-3H3. The number of ether oxygens (including phenoxy) is 2. The van der Waals surface area contributed by atoms with E-state index in [0.29, 0.717) is 12.5 Å². The van der Waals surface area contributed by atoms with Crippen LogP contribution < -0.4 is 14.8 Å². The molecule has 4 aromatic rings. The van der Waals surface area contributed by atoms with Crippen molar-refractivity contribution in [2.75, 3.05) is 19.0 Å². The van der Waals surface area contributed by atoms with Gasteiger partial charge in [0.1, 0.15) is 12.0 Å². The predicted molar refractivity (Wildman–Crippen MR) is 120 cm³/mol. The highest BCUT2D eigenvalue weighted by Crippen LogP contribution is 2.42. The highest BCUT2D eigenvalue weighted by Gasteiger charge is 2.28. The third-order valence-corrected chi connectivity index (χ3v) is 5.39. The molecule has 0 amide bonds. The molecule has 1 unspecified atom stereocenters. The number of rotatable bonds is 5. The van der Waals surface area contributed by atoms with Crippen LogP contribution in [0.3, 0.4) is 0 Å². The summed E-state index contributed by atoms with van der Waals surface area (Å²) < 4.78 is 13.9. The average molecular weight is 399 g/mol. The molecule has 30 heavy (non-hydrogen) atoms. The maximum atomic E-state index is 5.95. The normalized spacial score (nSPS) is 14.9. The minimum absolute atomic E-state index is 0.102. The number of hydrogen-bond acceptors (Lipinski definition) is 4. The summed E-state index contributed by atoms with van der Waals surface area (Å²) in [6.07, 6.45) is -0.102. The van der Waals surface area contributed by atoms with Crippen molar-refractivity contribution in [3.05, 3.63) is 72.3 Å². The average Bonchev–Trinajstić information content (AvgIpc) is 3.17. The number of aromatic nitrogens is 2. The van der Waals surface area contributed by atoms with Gasteiger partial charge in [0, 0.05) is 11.3 Å².